The quantitative estimate of drug-likeness (QED) is 0.331. The van der Waals surface area contributed by atoms with E-state index in [1.165, 1.54) is 15.9 Å². The van der Waals surface area contributed by atoms with E-state index in [1.807, 2.05) is 51.5 Å². The first-order valence-electron chi connectivity index (χ1n) is 13.0. The SMILES string of the molecule is Cc1cccc(C)c1-c1cc([C@@H](CC(=O)O)NC(=O)[C@@H](CC(C)C)n2ccc(CCN(C)C)cc2=O)cs1. The minimum atomic E-state index is -1.00. The zero-order valence-corrected chi connectivity index (χ0v) is 24.0. The van der Waals surface area contributed by atoms with Gasteiger partial charge in [0.1, 0.15) is 6.04 Å². The van der Waals surface area contributed by atoms with Crippen molar-refractivity contribution in [2.75, 3.05) is 20.6 Å². The second kappa shape index (κ2) is 13.0. The number of nitrogens with one attached hydrogen (secondary N) is 1. The molecule has 0 unspecified atom stereocenters. The van der Waals surface area contributed by atoms with Crippen LogP contribution in [0.4, 0.5) is 0 Å². The fourth-order valence-electron chi connectivity index (χ4n) is 4.65. The molecule has 0 fully saturated rings. The topological polar surface area (TPSA) is 91.6 Å². The largest absolute Gasteiger partial charge is 0.481 e. The number of thiophene rings is 1. The van der Waals surface area contributed by atoms with Gasteiger partial charge in [0, 0.05) is 23.7 Å². The van der Waals surface area contributed by atoms with E-state index in [0.717, 1.165) is 45.7 Å². The van der Waals surface area contributed by atoms with Gasteiger partial charge < -0.3 is 19.9 Å². The smallest absolute Gasteiger partial charge is 0.305 e. The number of likely N-dealkylation sites (N-methyl/N-ethyl adjacent to an activating group) is 1. The van der Waals surface area contributed by atoms with Gasteiger partial charge in [-0.2, -0.15) is 0 Å². The lowest BCUT2D eigenvalue weighted by atomic mass is 9.99. The molecule has 0 spiro atoms. The second-order valence-corrected chi connectivity index (χ2v) is 11.6. The highest BCUT2D eigenvalue weighted by Gasteiger charge is 2.27. The van der Waals surface area contributed by atoms with Crippen LogP contribution in [-0.2, 0) is 16.0 Å². The number of nitrogens with zero attached hydrogens (tertiary/aromatic N) is 2. The van der Waals surface area contributed by atoms with Crippen LogP contribution >= 0.6 is 11.3 Å². The summed E-state index contributed by atoms with van der Waals surface area (Å²) in [5, 5.41) is 14.5. The van der Waals surface area contributed by atoms with E-state index in [1.54, 1.807) is 12.3 Å². The number of carbonyl (C=O) groups excluding carboxylic acids is 1. The highest BCUT2D eigenvalue weighted by Crippen LogP contribution is 2.35. The Labute approximate surface area is 229 Å². The fourth-order valence-corrected chi connectivity index (χ4v) is 5.79. The summed E-state index contributed by atoms with van der Waals surface area (Å²) >= 11 is 1.54. The fraction of sp³-hybridized carbons (Fsp3) is 0.433. The maximum atomic E-state index is 13.6. The number of pyridine rings is 1. The second-order valence-electron chi connectivity index (χ2n) is 10.6. The predicted molar refractivity (Wildman–Crippen MR) is 154 cm³/mol. The summed E-state index contributed by atoms with van der Waals surface area (Å²) in [5.74, 6) is -1.20. The van der Waals surface area contributed by atoms with Gasteiger partial charge in [-0.15, -0.1) is 11.3 Å². The molecule has 0 aliphatic rings. The number of aromatic nitrogens is 1. The summed E-state index contributed by atoms with van der Waals surface area (Å²) in [4.78, 5) is 41.5. The molecule has 8 heteroatoms. The van der Waals surface area contributed by atoms with Crippen molar-refractivity contribution in [3.05, 3.63) is 80.6 Å². The first-order valence-corrected chi connectivity index (χ1v) is 13.9. The van der Waals surface area contributed by atoms with Crippen molar-refractivity contribution in [2.45, 2.75) is 59.0 Å². The number of aryl methyl sites for hydroxylation is 2. The minimum Gasteiger partial charge on any atom is -0.481 e. The molecule has 0 saturated carbocycles. The van der Waals surface area contributed by atoms with Gasteiger partial charge >= 0.3 is 5.97 Å². The van der Waals surface area contributed by atoms with Gasteiger partial charge in [0.05, 0.1) is 12.5 Å². The van der Waals surface area contributed by atoms with Crippen molar-refractivity contribution in [2.24, 2.45) is 5.92 Å². The molecule has 7 nitrogen and oxygen atoms in total. The zero-order valence-electron chi connectivity index (χ0n) is 23.2. The van der Waals surface area contributed by atoms with E-state index in [-0.39, 0.29) is 23.8 Å². The van der Waals surface area contributed by atoms with Gasteiger partial charge in [0.25, 0.3) is 5.56 Å². The predicted octanol–water partition coefficient (Wildman–Crippen LogP) is 5.22. The Morgan fingerprint density at radius 1 is 1.11 bits per heavy atom. The molecule has 2 aromatic heterocycles. The van der Waals surface area contributed by atoms with E-state index < -0.39 is 18.1 Å². The van der Waals surface area contributed by atoms with E-state index in [0.29, 0.717) is 6.42 Å². The van der Waals surface area contributed by atoms with E-state index in [2.05, 4.69) is 36.2 Å². The molecule has 2 N–H and O–H groups in total. The molecule has 0 aliphatic heterocycles. The molecule has 204 valence electrons. The van der Waals surface area contributed by atoms with Crippen molar-refractivity contribution < 1.29 is 14.7 Å². The third-order valence-corrected chi connectivity index (χ3v) is 7.60. The van der Waals surface area contributed by atoms with Crippen LogP contribution < -0.4 is 10.9 Å². The van der Waals surface area contributed by atoms with Crippen LogP contribution in [0, 0.1) is 19.8 Å². The zero-order chi connectivity index (χ0) is 28.0. The first kappa shape index (κ1) is 29.3. The van der Waals surface area contributed by atoms with Crippen molar-refractivity contribution in [1.82, 2.24) is 14.8 Å². The Morgan fingerprint density at radius 2 is 1.79 bits per heavy atom. The Kier molecular flexibility index (Phi) is 10.1. The summed E-state index contributed by atoms with van der Waals surface area (Å²) < 4.78 is 1.47. The summed E-state index contributed by atoms with van der Waals surface area (Å²) in [6.45, 7) is 8.93. The molecule has 0 saturated heterocycles. The van der Waals surface area contributed by atoms with E-state index in [4.69, 9.17) is 0 Å². The number of carbonyl (C=O) groups is 2. The highest BCUT2D eigenvalue weighted by atomic mass is 32.1. The van der Waals surface area contributed by atoms with Crippen LogP contribution in [-0.4, -0.2) is 47.1 Å². The number of hydrogen-bond acceptors (Lipinski definition) is 5. The molecule has 2 atom stereocenters. The number of carboxylic acids is 1. The summed E-state index contributed by atoms with van der Waals surface area (Å²) in [5.41, 5.74) is 4.85. The number of rotatable bonds is 12. The number of aliphatic carboxylic acids is 1. The number of hydrogen-bond donors (Lipinski definition) is 2. The third-order valence-electron chi connectivity index (χ3n) is 6.64. The van der Waals surface area contributed by atoms with Crippen molar-refractivity contribution in [3.8, 4) is 10.4 Å². The molecule has 2 heterocycles. The molecular formula is C30H39N3O4S. The maximum absolute atomic E-state index is 13.6. The number of carboxylic acid groups (broad SMARTS) is 1. The minimum absolute atomic E-state index is 0.153. The lowest BCUT2D eigenvalue weighted by Crippen LogP contribution is -2.40. The monoisotopic (exact) mass is 537 g/mol. The van der Waals surface area contributed by atoms with Crippen LogP contribution in [0.15, 0.2) is 52.8 Å². The van der Waals surface area contributed by atoms with Gasteiger partial charge in [-0.05, 0) is 92.0 Å². The van der Waals surface area contributed by atoms with Crippen LogP contribution in [0.2, 0.25) is 0 Å². The third kappa shape index (κ3) is 7.65. The van der Waals surface area contributed by atoms with Gasteiger partial charge in [-0.1, -0.05) is 32.0 Å². The van der Waals surface area contributed by atoms with Gasteiger partial charge in [0.15, 0.2) is 0 Å². The Hall–Kier alpha value is -3.23. The summed E-state index contributed by atoms with van der Waals surface area (Å²) in [7, 11) is 3.97. The lowest BCUT2D eigenvalue weighted by Gasteiger charge is -2.24. The van der Waals surface area contributed by atoms with Crippen LogP contribution in [0.3, 0.4) is 0 Å². The average Bonchev–Trinajstić information content (AvgIpc) is 3.30. The van der Waals surface area contributed by atoms with Crippen LogP contribution in [0.5, 0.6) is 0 Å². The van der Waals surface area contributed by atoms with Gasteiger partial charge in [0.2, 0.25) is 5.91 Å². The summed E-state index contributed by atoms with van der Waals surface area (Å²) in [6.07, 6.45) is 2.64. The first-order chi connectivity index (χ1) is 18.0. The highest BCUT2D eigenvalue weighted by molar-refractivity contribution is 7.13. The van der Waals surface area contributed by atoms with Gasteiger partial charge in [-0.25, -0.2) is 0 Å². The molecule has 3 rings (SSSR count). The maximum Gasteiger partial charge on any atom is 0.305 e. The van der Waals surface area contributed by atoms with Gasteiger partial charge in [-0.3, -0.25) is 14.4 Å². The normalized spacial score (nSPS) is 13.1. The molecule has 1 aromatic carbocycles. The molecule has 0 bridgehead atoms. The lowest BCUT2D eigenvalue weighted by molar-refractivity contribution is -0.138. The molecule has 38 heavy (non-hydrogen) atoms. The Bertz CT molecular complexity index is 1300. The standard InChI is InChI=1S/C30H39N3O4S/c1-19(2)14-25(33-13-11-22(15-27(33)34)10-12-32(5)6)30(37)31-24(17-28(35)36)23-16-26(38-18-23)29-20(3)8-7-9-21(29)4/h7-9,11,13,15-16,18-19,24-25H,10,12,14,17H2,1-6H3,(H,31,37)(H,35,36)/t24-,25-/m1/s1. The van der Waals surface area contributed by atoms with E-state index >= 15 is 0 Å². The summed E-state index contributed by atoms with van der Waals surface area (Å²) in [6, 6.07) is 10.1. The van der Waals surface area contributed by atoms with E-state index in [9.17, 15) is 19.5 Å². The van der Waals surface area contributed by atoms with Crippen molar-refractivity contribution in [3.63, 3.8) is 0 Å². The number of amides is 1. The average molecular weight is 538 g/mol. The molecule has 1 amide bonds. The molecular weight excluding hydrogens is 498 g/mol. The molecule has 0 radical (unpaired) electrons. The molecule has 3 aromatic rings. The van der Waals surface area contributed by atoms with Crippen LogP contribution in [0.25, 0.3) is 10.4 Å². The Morgan fingerprint density at radius 3 is 2.37 bits per heavy atom. The van der Waals surface area contributed by atoms with Crippen LogP contribution in [0.1, 0.15) is 61.0 Å². The number of benzene rings is 1. The van der Waals surface area contributed by atoms with Crippen molar-refractivity contribution >= 4 is 23.2 Å². The van der Waals surface area contributed by atoms with Crippen molar-refractivity contribution in [1.29, 1.82) is 0 Å². The molecule has 0 aliphatic carbocycles. The Balaban J connectivity index is 1.90.